The van der Waals surface area contributed by atoms with Crippen molar-refractivity contribution in [2.75, 3.05) is 24.5 Å². The predicted octanol–water partition coefficient (Wildman–Crippen LogP) is 1.72. The Bertz CT molecular complexity index is 392. The fourth-order valence-corrected chi connectivity index (χ4v) is 2.00. The van der Waals surface area contributed by atoms with Gasteiger partial charge in [-0.3, -0.25) is 4.90 Å². The molecule has 2 amide bonds. The van der Waals surface area contributed by atoms with E-state index in [0.717, 1.165) is 31.7 Å². The first-order valence-corrected chi connectivity index (χ1v) is 6.17. The van der Waals surface area contributed by atoms with Gasteiger partial charge < -0.3 is 10.6 Å². The van der Waals surface area contributed by atoms with Gasteiger partial charge in [-0.1, -0.05) is 25.1 Å². The number of nitrogens with zero attached hydrogens (tertiary/aromatic N) is 1. The lowest BCUT2D eigenvalue weighted by molar-refractivity contribution is 0.246. The number of hydrogen-bond acceptors (Lipinski definition) is 2. The second-order valence-corrected chi connectivity index (χ2v) is 4.19. The van der Waals surface area contributed by atoms with Gasteiger partial charge in [0.05, 0.1) is 0 Å². The van der Waals surface area contributed by atoms with Crippen molar-refractivity contribution in [1.82, 2.24) is 10.6 Å². The average Bonchev–Trinajstić information content (AvgIpc) is 2.58. The molecule has 1 heterocycles. The summed E-state index contributed by atoms with van der Waals surface area (Å²) in [5.41, 5.74) is 2.20. The molecule has 2 rings (SSSR count). The summed E-state index contributed by atoms with van der Waals surface area (Å²) in [5, 5.41) is 6.25. The lowest BCUT2D eigenvalue weighted by atomic mass is 10.1. The van der Waals surface area contributed by atoms with Crippen molar-refractivity contribution in [3.05, 3.63) is 29.8 Å². The Labute approximate surface area is 102 Å². The van der Waals surface area contributed by atoms with Crippen LogP contribution in [0.3, 0.4) is 0 Å². The molecule has 2 N–H and O–H groups in total. The molecule has 0 unspecified atom stereocenters. The van der Waals surface area contributed by atoms with Gasteiger partial charge >= 0.3 is 6.03 Å². The zero-order valence-electron chi connectivity index (χ0n) is 10.2. The molecule has 1 aromatic carbocycles. The van der Waals surface area contributed by atoms with Crippen LogP contribution in [-0.2, 0) is 6.54 Å². The van der Waals surface area contributed by atoms with Gasteiger partial charge in [0.15, 0.2) is 0 Å². The molecule has 0 aliphatic carbocycles. The minimum Gasteiger partial charge on any atom is -0.338 e. The molecule has 17 heavy (non-hydrogen) atoms. The number of benzene rings is 1. The molecule has 0 aromatic heterocycles. The summed E-state index contributed by atoms with van der Waals surface area (Å²) < 4.78 is 0. The second-order valence-electron chi connectivity index (χ2n) is 4.19. The van der Waals surface area contributed by atoms with Gasteiger partial charge in [-0.05, 0) is 18.1 Å². The van der Waals surface area contributed by atoms with Crippen molar-refractivity contribution >= 4 is 11.7 Å². The predicted molar refractivity (Wildman–Crippen MR) is 69.2 cm³/mol. The van der Waals surface area contributed by atoms with E-state index in [1.807, 2.05) is 23.1 Å². The van der Waals surface area contributed by atoms with Crippen LogP contribution in [0.2, 0.25) is 0 Å². The lowest BCUT2D eigenvalue weighted by Crippen LogP contribution is -2.42. The number of fused-ring (bicyclic) bond motifs is 1. The summed E-state index contributed by atoms with van der Waals surface area (Å²) in [6, 6.07) is 8.06. The van der Waals surface area contributed by atoms with E-state index in [1.54, 1.807) is 0 Å². The number of rotatable bonds is 2. The molecule has 0 spiro atoms. The monoisotopic (exact) mass is 233 g/mol. The molecule has 0 bridgehead atoms. The highest BCUT2D eigenvalue weighted by Gasteiger charge is 2.19. The normalized spacial score (nSPS) is 15.0. The number of carbonyl (C=O) groups excluding carboxylic acids is 1. The fourth-order valence-electron chi connectivity index (χ4n) is 2.00. The molecule has 0 saturated carbocycles. The maximum Gasteiger partial charge on any atom is 0.321 e. The first kappa shape index (κ1) is 11.9. The van der Waals surface area contributed by atoms with Crippen LogP contribution >= 0.6 is 0 Å². The van der Waals surface area contributed by atoms with Crippen LogP contribution in [0, 0.1) is 0 Å². The average molecular weight is 233 g/mol. The molecule has 0 saturated heterocycles. The molecule has 4 nitrogen and oxygen atoms in total. The molecule has 1 aliphatic heterocycles. The number of urea groups is 1. The Kier molecular flexibility index (Phi) is 3.98. The van der Waals surface area contributed by atoms with E-state index in [0.29, 0.717) is 6.54 Å². The van der Waals surface area contributed by atoms with Crippen LogP contribution in [0.15, 0.2) is 24.3 Å². The molecule has 1 aliphatic rings. The second kappa shape index (κ2) is 5.68. The molecule has 92 valence electrons. The van der Waals surface area contributed by atoms with Crippen molar-refractivity contribution in [3.63, 3.8) is 0 Å². The summed E-state index contributed by atoms with van der Waals surface area (Å²) in [5.74, 6) is 0. The number of amides is 2. The quantitative estimate of drug-likeness (QED) is 0.817. The summed E-state index contributed by atoms with van der Waals surface area (Å²) in [6.07, 6.45) is 0.958. The SMILES string of the molecule is CCCNC(=O)N1CCNCc2ccccc21. The molecule has 1 aromatic rings. The number of hydrogen-bond donors (Lipinski definition) is 2. The smallest absolute Gasteiger partial charge is 0.321 e. The van der Waals surface area contributed by atoms with E-state index in [1.165, 1.54) is 5.56 Å². The number of carbonyl (C=O) groups is 1. The Hall–Kier alpha value is -1.55. The van der Waals surface area contributed by atoms with Gasteiger partial charge in [0, 0.05) is 31.9 Å². The highest BCUT2D eigenvalue weighted by Crippen LogP contribution is 2.21. The zero-order valence-corrected chi connectivity index (χ0v) is 10.2. The highest BCUT2D eigenvalue weighted by atomic mass is 16.2. The number of para-hydroxylation sites is 1. The number of anilines is 1. The van der Waals surface area contributed by atoms with E-state index in [2.05, 4.69) is 23.6 Å². The molecule has 4 heteroatoms. The van der Waals surface area contributed by atoms with Crippen molar-refractivity contribution in [1.29, 1.82) is 0 Å². The van der Waals surface area contributed by atoms with Gasteiger partial charge in [0.25, 0.3) is 0 Å². The van der Waals surface area contributed by atoms with Gasteiger partial charge in [-0.15, -0.1) is 0 Å². The van der Waals surface area contributed by atoms with Crippen LogP contribution < -0.4 is 15.5 Å². The van der Waals surface area contributed by atoms with Crippen LogP contribution in [0.25, 0.3) is 0 Å². The summed E-state index contributed by atoms with van der Waals surface area (Å²) >= 11 is 0. The van der Waals surface area contributed by atoms with Gasteiger partial charge in [-0.25, -0.2) is 4.79 Å². The van der Waals surface area contributed by atoms with Crippen molar-refractivity contribution in [2.24, 2.45) is 0 Å². The first-order chi connectivity index (χ1) is 8.33. The van der Waals surface area contributed by atoms with Gasteiger partial charge in [-0.2, -0.15) is 0 Å². The Morgan fingerprint density at radius 2 is 2.29 bits per heavy atom. The van der Waals surface area contributed by atoms with Crippen molar-refractivity contribution in [3.8, 4) is 0 Å². The van der Waals surface area contributed by atoms with Crippen molar-refractivity contribution < 1.29 is 4.79 Å². The van der Waals surface area contributed by atoms with E-state index >= 15 is 0 Å². The van der Waals surface area contributed by atoms with Gasteiger partial charge in [0.1, 0.15) is 0 Å². The third-order valence-corrected chi connectivity index (χ3v) is 2.88. The minimum atomic E-state index is 0.00278. The van der Waals surface area contributed by atoms with Crippen molar-refractivity contribution in [2.45, 2.75) is 19.9 Å². The topological polar surface area (TPSA) is 44.4 Å². The maximum absolute atomic E-state index is 12.1. The summed E-state index contributed by atoms with van der Waals surface area (Å²) in [4.78, 5) is 13.9. The summed E-state index contributed by atoms with van der Waals surface area (Å²) in [6.45, 7) is 5.15. The van der Waals surface area contributed by atoms with Crippen LogP contribution in [0.4, 0.5) is 10.5 Å². The lowest BCUT2D eigenvalue weighted by Gasteiger charge is -2.22. The van der Waals surface area contributed by atoms with E-state index in [-0.39, 0.29) is 6.03 Å². The van der Waals surface area contributed by atoms with E-state index < -0.39 is 0 Å². The minimum absolute atomic E-state index is 0.00278. The standard InChI is InChI=1S/C13H19N3O/c1-2-7-15-13(17)16-9-8-14-10-11-5-3-4-6-12(11)16/h3-6,14H,2,7-10H2,1H3,(H,15,17). The number of nitrogens with one attached hydrogen (secondary N) is 2. The third kappa shape index (κ3) is 2.77. The Morgan fingerprint density at radius 3 is 3.12 bits per heavy atom. The van der Waals surface area contributed by atoms with E-state index in [9.17, 15) is 4.79 Å². The zero-order chi connectivity index (χ0) is 12.1. The Balaban J connectivity index is 2.19. The molecular formula is C13H19N3O. The van der Waals surface area contributed by atoms with Crippen LogP contribution in [0.5, 0.6) is 0 Å². The van der Waals surface area contributed by atoms with Crippen LogP contribution in [0.1, 0.15) is 18.9 Å². The third-order valence-electron chi connectivity index (χ3n) is 2.88. The molecule has 0 fully saturated rings. The molecular weight excluding hydrogens is 214 g/mol. The fraction of sp³-hybridized carbons (Fsp3) is 0.462. The van der Waals surface area contributed by atoms with E-state index in [4.69, 9.17) is 0 Å². The van der Waals surface area contributed by atoms with Crippen LogP contribution in [-0.4, -0.2) is 25.7 Å². The first-order valence-electron chi connectivity index (χ1n) is 6.17. The summed E-state index contributed by atoms with van der Waals surface area (Å²) in [7, 11) is 0. The van der Waals surface area contributed by atoms with Gasteiger partial charge in [0.2, 0.25) is 0 Å². The maximum atomic E-state index is 12.1. The largest absolute Gasteiger partial charge is 0.338 e. The molecule has 0 radical (unpaired) electrons. The highest BCUT2D eigenvalue weighted by molar-refractivity contribution is 5.92. The Morgan fingerprint density at radius 1 is 1.47 bits per heavy atom. The molecule has 0 atom stereocenters.